The van der Waals surface area contributed by atoms with Crippen molar-refractivity contribution >= 4 is 33.5 Å². The number of unbranched alkanes of at least 4 members (excludes halogenated alkanes) is 16. The average Bonchev–Trinajstić information content (AvgIpc) is 2.76. The van der Waals surface area contributed by atoms with Crippen molar-refractivity contribution in [2.24, 2.45) is 0 Å². The summed E-state index contributed by atoms with van der Waals surface area (Å²) >= 11 is 0. The Morgan fingerprint density at radius 3 is 1.00 bits per heavy atom. The Bertz CT molecular complexity index is 406. The summed E-state index contributed by atoms with van der Waals surface area (Å²) < 4.78 is 0. The monoisotopic (exact) mass is 490 g/mol. The maximum absolute atomic E-state index is 11.6. The zero-order chi connectivity index (χ0) is 23.9. The van der Waals surface area contributed by atoms with Gasteiger partial charge in [-0.15, -0.1) is 0 Å². The third kappa shape index (κ3) is 20.3. The lowest BCUT2D eigenvalue weighted by Crippen LogP contribution is -2.19. The number of aliphatic carboxylic acids is 2. The molecule has 0 rings (SSSR count). The first-order valence-electron chi connectivity index (χ1n) is 13.3. The second-order valence-electron chi connectivity index (χ2n) is 9.08. The van der Waals surface area contributed by atoms with E-state index in [0.717, 1.165) is 25.7 Å². The lowest BCUT2D eigenvalue weighted by Gasteiger charge is -2.15. The summed E-state index contributed by atoms with van der Waals surface area (Å²) in [4.78, 5) is 23.2. The summed E-state index contributed by atoms with van der Waals surface area (Å²) in [7, 11) is 2.52. The van der Waals surface area contributed by atoms with Crippen LogP contribution in [0.2, 0.25) is 0 Å². The third-order valence-corrected chi connectivity index (χ3v) is 9.16. The number of hydrogen-bond acceptors (Lipinski definition) is 4. The van der Waals surface area contributed by atoms with E-state index >= 15 is 0 Å². The summed E-state index contributed by atoms with van der Waals surface area (Å²) in [6, 6.07) is 0. The second kappa shape index (κ2) is 23.8. The molecular formula is C26H50O4S2. The maximum atomic E-state index is 11.6. The van der Waals surface area contributed by atoms with Crippen molar-refractivity contribution in [3.63, 3.8) is 0 Å². The van der Waals surface area contributed by atoms with Gasteiger partial charge in [0.1, 0.15) is 10.5 Å². The zero-order valence-electron chi connectivity index (χ0n) is 20.8. The molecule has 2 N–H and O–H groups in total. The Morgan fingerprint density at radius 2 is 0.750 bits per heavy atom. The fraction of sp³-hybridized carbons (Fsp3) is 0.923. The number of carbonyl (C=O) groups is 2. The molecule has 0 aliphatic rings. The van der Waals surface area contributed by atoms with Gasteiger partial charge in [-0.05, 0) is 12.8 Å². The standard InChI is InChI=1S/C26H50O4S2/c1-3-5-7-9-11-13-15-17-19-21-23(25(27)28)31-32-24(26(29)30)22-20-18-16-14-12-10-8-6-4-2/h23-24H,3-22H2,1-2H3,(H,27,28)(H,29,30). The summed E-state index contributed by atoms with van der Waals surface area (Å²) in [5, 5.41) is 18.0. The van der Waals surface area contributed by atoms with Crippen LogP contribution in [0.1, 0.15) is 142 Å². The molecule has 6 heteroatoms. The molecule has 0 amide bonds. The summed E-state index contributed by atoms with van der Waals surface area (Å²) in [5.74, 6) is -1.62. The summed E-state index contributed by atoms with van der Waals surface area (Å²) in [6.45, 7) is 4.45. The molecule has 0 radical (unpaired) electrons. The largest absolute Gasteiger partial charge is 0.480 e. The van der Waals surface area contributed by atoms with E-state index in [-0.39, 0.29) is 0 Å². The molecule has 0 heterocycles. The molecule has 190 valence electrons. The van der Waals surface area contributed by atoms with Gasteiger partial charge < -0.3 is 10.2 Å². The lowest BCUT2D eigenvalue weighted by molar-refractivity contribution is -0.137. The molecule has 0 aliphatic heterocycles. The average molecular weight is 491 g/mol. The Hall–Kier alpha value is -0.360. The molecule has 2 unspecified atom stereocenters. The Kier molecular flexibility index (Phi) is 23.5. The van der Waals surface area contributed by atoms with Crippen LogP contribution in [0.3, 0.4) is 0 Å². The van der Waals surface area contributed by atoms with Crippen molar-refractivity contribution in [3.8, 4) is 0 Å². The van der Waals surface area contributed by atoms with Crippen LogP contribution >= 0.6 is 21.6 Å². The third-order valence-electron chi connectivity index (χ3n) is 5.98. The molecule has 0 aromatic heterocycles. The van der Waals surface area contributed by atoms with Gasteiger partial charge in [0.15, 0.2) is 0 Å². The molecule has 0 aromatic carbocycles. The van der Waals surface area contributed by atoms with Crippen LogP contribution in [-0.4, -0.2) is 32.7 Å². The highest BCUT2D eigenvalue weighted by atomic mass is 33.1. The number of rotatable bonds is 25. The number of carboxylic acids is 2. The van der Waals surface area contributed by atoms with Crippen molar-refractivity contribution in [2.75, 3.05) is 0 Å². The van der Waals surface area contributed by atoms with E-state index in [1.807, 2.05) is 0 Å². The Balaban J connectivity index is 3.93. The molecule has 4 nitrogen and oxygen atoms in total. The van der Waals surface area contributed by atoms with Crippen molar-refractivity contribution < 1.29 is 19.8 Å². The lowest BCUT2D eigenvalue weighted by atomic mass is 10.1. The SMILES string of the molecule is CCCCCCCCCCCC(SSC(CCCCCCCCCCC)C(=O)O)C(=O)O. The smallest absolute Gasteiger partial charge is 0.317 e. The second-order valence-corrected chi connectivity index (χ2v) is 11.8. The predicted molar refractivity (Wildman–Crippen MR) is 142 cm³/mol. The van der Waals surface area contributed by atoms with E-state index in [0.29, 0.717) is 12.8 Å². The van der Waals surface area contributed by atoms with Gasteiger partial charge in [0, 0.05) is 0 Å². The van der Waals surface area contributed by atoms with Gasteiger partial charge in [0.25, 0.3) is 0 Å². The van der Waals surface area contributed by atoms with E-state index in [9.17, 15) is 19.8 Å². The van der Waals surface area contributed by atoms with Crippen LogP contribution in [0, 0.1) is 0 Å². The van der Waals surface area contributed by atoms with Crippen molar-refractivity contribution in [1.82, 2.24) is 0 Å². The van der Waals surface area contributed by atoms with E-state index in [4.69, 9.17) is 0 Å². The van der Waals surface area contributed by atoms with E-state index in [1.165, 1.54) is 111 Å². The maximum Gasteiger partial charge on any atom is 0.317 e. The first-order chi connectivity index (χ1) is 15.5. The molecule has 0 spiro atoms. The van der Waals surface area contributed by atoms with Crippen LogP contribution in [0.5, 0.6) is 0 Å². The molecule has 0 fully saturated rings. The normalized spacial score (nSPS) is 13.2. The minimum absolute atomic E-state index is 0.505. The van der Waals surface area contributed by atoms with Crippen LogP contribution in [0.4, 0.5) is 0 Å². The molecule has 0 saturated carbocycles. The van der Waals surface area contributed by atoms with Crippen LogP contribution in [-0.2, 0) is 9.59 Å². The highest BCUT2D eigenvalue weighted by Crippen LogP contribution is 2.36. The van der Waals surface area contributed by atoms with Gasteiger partial charge in [0.2, 0.25) is 0 Å². The molecule has 0 bridgehead atoms. The highest BCUT2D eigenvalue weighted by molar-refractivity contribution is 8.77. The van der Waals surface area contributed by atoms with Gasteiger partial charge in [0.05, 0.1) is 0 Å². The van der Waals surface area contributed by atoms with Crippen molar-refractivity contribution in [1.29, 1.82) is 0 Å². The topological polar surface area (TPSA) is 74.6 Å². The number of carboxylic acid groups (broad SMARTS) is 2. The van der Waals surface area contributed by atoms with Gasteiger partial charge in [-0.1, -0.05) is 151 Å². The number of hydrogen-bond donors (Lipinski definition) is 2. The van der Waals surface area contributed by atoms with Crippen LogP contribution in [0.15, 0.2) is 0 Å². The first-order valence-corrected chi connectivity index (χ1v) is 15.6. The fourth-order valence-electron chi connectivity index (χ4n) is 3.84. The summed E-state index contributed by atoms with van der Waals surface area (Å²) in [5.41, 5.74) is 0. The van der Waals surface area contributed by atoms with Gasteiger partial charge in [-0.3, -0.25) is 9.59 Å². The minimum atomic E-state index is -0.811. The molecule has 32 heavy (non-hydrogen) atoms. The van der Waals surface area contributed by atoms with Gasteiger partial charge >= 0.3 is 11.9 Å². The minimum Gasteiger partial charge on any atom is -0.480 e. The quantitative estimate of drug-likeness (QED) is 0.0981. The highest BCUT2D eigenvalue weighted by Gasteiger charge is 2.24. The molecule has 2 atom stereocenters. The van der Waals surface area contributed by atoms with Gasteiger partial charge in [-0.2, -0.15) is 0 Å². The van der Waals surface area contributed by atoms with E-state index < -0.39 is 22.4 Å². The van der Waals surface area contributed by atoms with Gasteiger partial charge in [-0.25, -0.2) is 0 Å². The van der Waals surface area contributed by atoms with E-state index in [2.05, 4.69) is 13.8 Å². The fourth-order valence-corrected chi connectivity index (χ4v) is 6.68. The molecular weight excluding hydrogens is 440 g/mol. The van der Waals surface area contributed by atoms with E-state index in [1.54, 1.807) is 0 Å². The molecule has 0 aliphatic carbocycles. The van der Waals surface area contributed by atoms with Crippen molar-refractivity contribution in [3.05, 3.63) is 0 Å². The van der Waals surface area contributed by atoms with Crippen molar-refractivity contribution in [2.45, 2.75) is 153 Å². The molecule has 0 aromatic rings. The Morgan fingerprint density at radius 1 is 0.500 bits per heavy atom. The van der Waals surface area contributed by atoms with Crippen LogP contribution < -0.4 is 0 Å². The van der Waals surface area contributed by atoms with Crippen LogP contribution in [0.25, 0.3) is 0 Å². The zero-order valence-corrected chi connectivity index (χ0v) is 22.5. The predicted octanol–water partition coefficient (Wildman–Crippen LogP) is 9.12. The summed E-state index contributed by atoms with van der Waals surface area (Å²) in [6.07, 6.45) is 23.1. The molecule has 0 saturated heterocycles. The Labute approximate surface area is 205 Å². The first kappa shape index (κ1) is 31.6.